The summed E-state index contributed by atoms with van der Waals surface area (Å²) in [5, 5.41) is 10.3. The Morgan fingerprint density at radius 3 is 1.72 bits per heavy atom. The van der Waals surface area contributed by atoms with Crippen LogP contribution in [-0.4, -0.2) is 116 Å². The predicted molar refractivity (Wildman–Crippen MR) is 131 cm³/mol. The Hall–Kier alpha value is 0.260. The molecule has 0 radical (unpaired) electrons. The topological polar surface area (TPSA) is 33.2 Å². The summed E-state index contributed by atoms with van der Waals surface area (Å²) < 4.78 is 0. The molecule has 1 heterocycles. The van der Waals surface area contributed by atoms with Gasteiger partial charge in [0.15, 0.2) is 0 Å². The molecule has 1 fully saturated rings. The molecule has 0 bridgehead atoms. The van der Waals surface area contributed by atoms with E-state index in [0.717, 1.165) is 96.0 Å². The summed E-state index contributed by atoms with van der Waals surface area (Å²) in [6.45, 7) is 20.3. The molecular formula is C22H46ClN4OP. The van der Waals surface area contributed by atoms with Crippen molar-refractivity contribution in [3.8, 4) is 0 Å². The molecule has 5 nitrogen and oxygen atoms in total. The van der Waals surface area contributed by atoms with E-state index in [1.165, 1.54) is 12.8 Å². The highest BCUT2D eigenvalue weighted by Crippen LogP contribution is 2.19. The predicted octanol–water partition coefficient (Wildman–Crippen LogP) is 2.80. The molecule has 0 aromatic heterocycles. The molecule has 0 aliphatic carbocycles. The van der Waals surface area contributed by atoms with Crippen LogP contribution in [0.2, 0.25) is 0 Å². The van der Waals surface area contributed by atoms with Crippen molar-refractivity contribution in [2.75, 3.05) is 84.8 Å². The quantitative estimate of drug-likeness (QED) is 0.491. The Morgan fingerprint density at radius 2 is 1.34 bits per heavy atom. The molecule has 0 spiro atoms. The second kappa shape index (κ2) is 16.9. The Balaban J connectivity index is 2.92. The Kier molecular flexibility index (Phi) is 15.9. The van der Waals surface area contributed by atoms with Gasteiger partial charge in [0.2, 0.25) is 0 Å². The van der Waals surface area contributed by atoms with Gasteiger partial charge in [-0.2, -0.15) is 0 Å². The van der Waals surface area contributed by atoms with Gasteiger partial charge in [0, 0.05) is 70.0 Å². The standard InChI is InChI=1S/C22H46ClN4OP/c1-4-8-24-10-11-25(9-5-2)14-16-27(22(21(3)23)7-6-20-29)17-15-26(13-12-24)18-19-28/h22,28H,3-20,29H2,1-2H3. The molecule has 0 saturated carbocycles. The average Bonchev–Trinajstić information content (AvgIpc) is 2.69. The first-order valence-corrected chi connectivity index (χ1v) is 12.8. The van der Waals surface area contributed by atoms with Crippen LogP contribution in [0, 0.1) is 0 Å². The molecule has 2 atom stereocenters. The largest absolute Gasteiger partial charge is 0.395 e. The molecule has 1 rings (SSSR count). The Morgan fingerprint density at radius 1 is 0.897 bits per heavy atom. The first kappa shape index (κ1) is 27.3. The lowest BCUT2D eigenvalue weighted by molar-refractivity contribution is 0.109. The SMILES string of the molecule is C=C(Cl)C(CCCP)N1CCN(CCC)CCN(CCC)CCN(CCO)CC1. The highest BCUT2D eigenvalue weighted by atomic mass is 35.5. The number of halogens is 1. The molecule has 7 heteroatoms. The minimum atomic E-state index is 0.219. The summed E-state index contributed by atoms with van der Waals surface area (Å²) >= 11 is 6.47. The van der Waals surface area contributed by atoms with E-state index in [1.807, 2.05) is 0 Å². The van der Waals surface area contributed by atoms with Crippen LogP contribution in [0.15, 0.2) is 11.6 Å². The normalized spacial score (nSPS) is 20.9. The van der Waals surface area contributed by atoms with Crippen molar-refractivity contribution >= 4 is 20.8 Å². The van der Waals surface area contributed by atoms with Crippen molar-refractivity contribution in [2.24, 2.45) is 0 Å². The average molecular weight is 449 g/mol. The number of aliphatic hydroxyl groups is 1. The van der Waals surface area contributed by atoms with Gasteiger partial charge in [0.25, 0.3) is 0 Å². The van der Waals surface area contributed by atoms with Crippen LogP contribution in [-0.2, 0) is 0 Å². The maximum Gasteiger partial charge on any atom is 0.0558 e. The van der Waals surface area contributed by atoms with E-state index in [0.29, 0.717) is 0 Å². The van der Waals surface area contributed by atoms with Gasteiger partial charge in [-0.15, -0.1) is 9.24 Å². The number of β-amino-alcohol motifs (C(OH)–C–C–N with tert-alkyl or cyclic N) is 1. The summed E-state index contributed by atoms with van der Waals surface area (Å²) in [6, 6.07) is 0.233. The van der Waals surface area contributed by atoms with Crippen LogP contribution in [0.4, 0.5) is 0 Å². The van der Waals surface area contributed by atoms with Crippen molar-refractivity contribution in [3.05, 3.63) is 11.6 Å². The molecule has 0 aromatic rings. The summed E-state index contributed by atoms with van der Waals surface area (Å²) in [7, 11) is 2.82. The van der Waals surface area contributed by atoms with Gasteiger partial charge in [-0.25, -0.2) is 0 Å². The van der Waals surface area contributed by atoms with Gasteiger partial charge in [-0.3, -0.25) is 9.80 Å². The van der Waals surface area contributed by atoms with E-state index >= 15 is 0 Å². The minimum absolute atomic E-state index is 0.219. The maximum atomic E-state index is 9.54. The van der Waals surface area contributed by atoms with Gasteiger partial charge >= 0.3 is 0 Å². The van der Waals surface area contributed by atoms with E-state index in [9.17, 15) is 5.11 Å². The molecular weight excluding hydrogens is 403 g/mol. The second-order valence-electron chi connectivity index (χ2n) is 8.18. The van der Waals surface area contributed by atoms with Crippen LogP contribution in [0.3, 0.4) is 0 Å². The van der Waals surface area contributed by atoms with Gasteiger partial charge in [0.05, 0.1) is 6.61 Å². The van der Waals surface area contributed by atoms with Crippen LogP contribution in [0.1, 0.15) is 39.5 Å². The van der Waals surface area contributed by atoms with Gasteiger partial charge in [-0.05, 0) is 44.9 Å². The van der Waals surface area contributed by atoms with E-state index in [-0.39, 0.29) is 12.6 Å². The Labute approximate surface area is 187 Å². The third-order valence-electron chi connectivity index (χ3n) is 5.85. The van der Waals surface area contributed by atoms with Crippen LogP contribution < -0.4 is 0 Å². The summed E-state index contributed by atoms with van der Waals surface area (Å²) in [6.07, 6.45) is 5.68. The third kappa shape index (κ3) is 11.4. The molecule has 1 aliphatic rings. The highest BCUT2D eigenvalue weighted by Gasteiger charge is 2.22. The van der Waals surface area contributed by atoms with Crippen molar-refractivity contribution in [3.63, 3.8) is 0 Å². The van der Waals surface area contributed by atoms with E-state index < -0.39 is 0 Å². The van der Waals surface area contributed by atoms with Crippen LogP contribution in [0.5, 0.6) is 0 Å². The van der Waals surface area contributed by atoms with Crippen molar-refractivity contribution < 1.29 is 5.11 Å². The van der Waals surface area contributed by atoms with E-state index in [4.69, 9.17) is 11.6 Å². The zero-order valence-corrected chi connectivity index (χ0v) is 20.9. The molecule has 0 amide bonds. The Bertz CT molecular complexity index is 408. The van der Waals surface area contributed by atoms with Crippen molar-refractivity contribution in [1.29, 1.82) is 0 Å². The minimum Gasteiger partial charge on any atom is -0.395 e. The van der Waals surface area contributed by atoms with Crippen molar-refractivity contribution in [1.82, 2.24) is 19.6 Å². The van der Waals surface area contributed by atoms with Crippen LogP contribution in [0.25, 0.3) is 0 Å². The first-order valence-electron chi connectivity index (χ1n) is 11.6. The number of hydrogen-bond acceptors (Lipinski definition) is 5. The second-order valence-corrected chi connectivity index (χ2v) is 9.24. The lowest BCUT2D eigenvalue weighted by Gasteiger charge is -2.37. The van der Waals surface area contributed by atoms with Crippen LogP contribution >= 0.6 is 20.8 Å². The lowest BCUT2D eigenvalue weighted by atomic mass is 10.1. The smallest absolute Gasteiger partial charge is 0.0558 e. The van der Waals surface area contributed by atoms with Crippen molar-refractivity contribution in [2.45, 2.75) is 45.6 Å². The monoisotopic (exact) mass is 448 g/mol. The maximum absolute atomic E-state index is 9.54. The van der Waals surface area contributed by atoms with Gasteiger partial charge < -0.3 is 14.9 Å². The van der Waals surface area contributed by atoms with E-state index in [1.54, 1.807) is 0 Å². The third-order valence-corrected chi connectivity index (χ3v) is 6.51. The fraction of sp³-hybridized carbons (Fsp3) is 0.909. The lowest BCUT2D eigenvalue weighted by Crippen LogP contribution is -2.49. The molecule has 0 aromatic carbocycles. The number of hydrogen-bond donors (Lipinski definition) is 1. The van der Waals surface area contributed by atoms with Gasteiger partial charge in [-0.1, -0.05) is 32.0 Å². The molecule has 172 valence electrons. The fourth-order valence-electron chi connectivity index (χ4n) is 4.16. The molecule has 1 aliphatic heterocycles. The summed E-state index contributed by atoms with van der Waals surface area (Å²) in [5.41, 5.74) is 0. The molecule has 1 N–H and O–H groups in total. The molecule has 1 saturated heterocycles. The summed E-state index contributed by atoms with van der Waals surface area (Å²) in [5.74, 6) is 0. The zero-order chi connectivity index (χ0) is 21.5. The number of aliphatic hydroxyl groups excluding tert-OH is 1. The number of nitrogens with zero attached hydrogens (tertiary/aromatic N) is 4. The zero-order valence-electron chi connectivity index (χ0n) is 19.0. The molecule has 2 unspecified atom stereocenters. The summed E-state index contributed by atoms with van der Waals surface area (Å²) in [4.78, 5) is 10.2. The molecule has 29 heavy (non-hydrogen) atoms. The fourth-order valence-corrected chi connectivity index (χ4v) is 4.64. The van der Waals surface area contributed by atoms with Gasteiger partial charge in [0.1, 0.15) is 0 Å². The van der Waals surface area contributed by atoms with E-state index in [2.05, 4.69) is 49.3 Å². The highest BCUT2D eigenvalue weighted by molar-refractivity contribution is 7.16. The number of rotatable bonds is 11. The first-order chi connectivity index (χ1) is 14.0.